The second-order valence-electron chi connectivity index (χ2n) is 4.90. The van der Waals surface area contributed by atoms with Gasteiger partial charge in [-0.25, -0.2) is 0 Å². The van der Waals surface area contributed by atoms with Crippen LogP contribution in [0.2, 0.25) is 0 Å². The van der Waals surface area contributed by atoms with Crippen molar-refractivity contribution in [3.63, 3.8) is 0 Å². The largest absolute Gasteiger partial charge is 1.00 e. The smallest absolute Gasteiger partial charge is 0.543 e. The summed E-state index contributed by atoms with van der Waals surface area (Å²) in [6.07, 6.45) is 0. The van der Waals surface area contributed by atoms with E-state index in [2.05, 4.69) is 4.98 Å². The summed E-state index contributed by atoms with van der Waals surface area (Å²) in [6.45, 7) is 1.46. The molecule has 0 spiro atoms. The molecule has 0 fully saturated rings. The van der Waals surface area contributed by atoms with Gasteiger partial charge in [-0.1, -0.05) is 0 Å². The van der Waals surface area contributed by atoms with Gasteiger partial charge in [0.05, 0.1) is 22.6 Å². The monoisotopic (exact) mass is 359 g/mol. The Labute approximate surface area is 183 Å². The van der Waals surface area contributed by atoms with Crippen LogP contribution in [0.3, 0.4) is 0 Å². The minimum Gasteiger partial charge on any atom is -0.543 e. The number of carbonyl (C=O) groups excluding carboxylic acids is 2. The standard InChI is InChI=1S/C15H9NO7.2Na/c1-5-12-6(9(17)3-8(16-12)14(19)20)2-7-10(18)4-11(15(21)22)23-13(5)7;;/h2-4H,1H3,(H,16,17)(H,19,20)(H,21,22);;/q;2*+1/p-2. The number of carbonyl (C=O) groups is 2. The Kier molecular flexibility index (Phi) is 6.80. The van der Waals surface area contributed by atoms with Gasteiger partial charge in [-0.05, 0) is 13.0 Å². The number of H-pyrrole nitrogens is 1. The molecule has 0 atom stereocenters. The number of benzene rings is 1. The number of aryl methyl sites for hydroxylation is 1. The van der Waals surface area contributed by atoms with Crippen molar-refractivity contribution in [1.29, 1.82) is 0 Å². The molecule has 10 heteroatoms. The zero-order valence-electron chi connectivity index (χ0n) is 13.6. The van der Waals surface area contributed by atoms with Crippen molar-refractivity contribution in [2.45, 2.75) is 6.92 Å². The number of aromatic amines is 1. The first-order valence-corrected chi connectivity index (χ1v) is 6.37. The molecule has 8 nitrogen and oxygen atoms in total. The summed E-state index contributed by atoms with van der Waals surface area (Å²) in [5, 5.41) is 21.9. The van der Waals surface area contributed by atoms with Crippen LogP contribution in [0.5, 0.6) is 0 Å². The summed E-state index contributed by atoms with van der Waals surface area (Å²) in [6, 6.07) is 2.83. The molecule has 0 radical (unpaired) electrons. The number of carboxylic acid groups (broad SMARTS) is 2. The molecule has 0 amide bonds. The molecule has 3 aromatic rings. The molecule has 0 saturated heterocycles. The van der Waals surface area contributed by atoms with Crippen LogP contribution in [0.4, 0.5) is 0 Å². The molecule has 0 bridgehead atoms. The molecular formula is C15H7NNa2O7. The van der Waals surface area contributed by atoms with Gasteiger partial charge < -0.3 is 29.2 Å². The second-order valence-corrected chi connectivity index (χ2v) is 4.90. The summed E-state index contributed by atoms with van der Waals surface area (Å²) < 4.78 is 5.14. The van der Waals surface area contributed by atoms with Crippen LogP contribution in [0, 0.1) is 6.92 Å². The van der Waals surface area contributed by atoms with Crippen LogP contribution in [-0.2, 0) is 0 Å². The van der Waals surface area contributed by atoms with Gasteiger partial charge in [-0.2, -0.15) is 0 Å². The van der Waals surface area contributed by atoms with Gasteiger partial charge in [-0.3, -0.25) is 9.59 Å². The molecule has 116 valence electrons. The van der Waals surface area contributed by atoms with E-state index in [0.29, 0.717) is 0 Å². The van der Waals surface area contributed by atoms with E-state index < -0.39 is 34.3 Å². The maximum absolute atomic E-state index is 12.0. The van der Waals surface area contributed by atoms with E-state index in [9.17, 15) is 29.4 Å². The third-order valence-corrected chi connectivity index (χ3v) is 3.48. The molecule has 0 aliphatic heterocycles. The molecule has 1 aromatic carbocycles. The fourth-order valence-electron chi connectivity index (χ4n) is 2.40. The van der Waals surface area contributed by atoms with E-state index >= 15 is 0 Å². The summed E-state index contributed by atoms with van der Waals surface area (Å²) in [5.41, 5.74) is -1.45. The fourth-order valence-corrected chi connectivity index (χ4v) is 2.40. The summed E-state index contributed by atoms with van der Waals surface area (Å²) in [7, 11) is 0. The van der Waals surface area contributed by atoms with E-state index in [1.54, 1.807) is 0 Å². The summed E-state index contributed by atoms with van der Waals surface area (Å²) in [4.78, 5) is 48.4. The number of pyridine rings is 1. The van der Waals surface area contributed by atoms with Crippen molar-refractivity contribution in [3.05, 3.63) is 55.7 Å². The zero-order chi connectivity index (χ0) is 16.9. The minimum absolute atomic E-state index is 0. The Morgan fingerprint density at radius 1 is 0.960 bits per heavy atom. The Bertz CT molecular complexity index is 1040. The molecule has 2 heterocycles. The van der Waals surface area contributed by atoms with Crippen LogP contribution in [0.1, 0.15) is 26.6 Å². The molecular weight excluding hydrogens is 352 g/mol. The molecule has 0 unspecified atom stereocenters. The molecule has 2 aromatic heterocycles. The van der Waals surface area contributed by atoms with Crippen molar-refractivity contribution in [3.8, 4) is 0 Å². The third-order valence-electron chi connectivity index (χ3n) is 3.48. The Morgan fingerprint density at radius 3 is 2.12 bits per heavy atom. The second kappa shape index (κ2) is 7.86. The minimum atomic E-state index is -1.67. The van der Waals surface area contributed by atoms with Crippen molar-refractivity contribution >= 4 is 33.8 Å². The van der Waals surface area contributed by atoms with Crippen LogP contribution in [0.25, 0.3) is 21.9 Å². The summed E-state index contributed by atoms with van der Waals surface area (Å²) >= 11 is 0. The quantitative estimate of drug-likeness (QED) is 0.354. The first-order chi connectivity index (χ1) is 10.8. The van der Waals surface area contributed by atoms with Crippen LogP contribution in [-0.4, -0.2) is 16.9 Å². The normalized spacial score (nSPS) is 10.1. The molecule has 25 heavy (non-hydrogen) atoms. The first-order valence-electron chi connectivity index (χ1n) is 6.37. The predicted octanol–water partition coefficient (Wildman–Crippen LogP) is -7.32. The number of hydrogen-bond donors (Lipinski definition) is 1. The third kappa shape index (κ3) is 3.74. The van der Waals surface area contributed by atoms with Gasteiger partial charge in [0, 0.05) is 23.1 Å². The SMILES string of the molecule is Cc1c2[nH]c(C(=O)[O-])cc(=O)c2cc2c(=O)cc(C(=O)[O-])oc12.[Na+].[Na+]. The number of carboxylic acids is 2. The molecule has 1 N–H and O–H groups in total. The van der Waals surface area contributed by atoms with Gasteiger partial charge in [0.1, 0.15) is 11.6 Å². The number of rotatable bonds is 2. The number of fused-ring (bicyclic) bond motifs is 2. The Morgan fingerprint density at radius 2 is 1.56 bits per heavy atom. The van der Waals surface area contributed by atoms with Crippen molar-refractivity contribution in [2.75, 3.05) is 0 Å². The Balaban J connectivity index is 0.00000156. The van der Waals surface area contributed by atoms with Gasteiger partial charge in [0.15, 0.2) is 16.6 Å². The number of aromatic carboxylic acids is 2. The number of aromatic nitrogens is 1. The van der Waals surface area contributed by atoms with Crippen LogP contribution >= 0.6 is 0 Å². The predicted molar refractivity (Wildman–Crippen MR) is 74.0 cm³/mol. The van der Waals surface area contributed by atoms with E-state index in [0.717, 1.165) is 12.1 Å². The van der Waals surface area contributed by atoms with Crippen LogP contribution in [0.15, 0.2) is 32.2 Å². The van der Waals surface area contributed by atoms with E-state index in [1.165, 1.54) is 13.0 Å². The Hall–Kier alpha value is -1.42. The zero-order valence-corrected chi connectivity index (χ0v) is 17.6. The van der Waals surface area contributed by atoms with E-state index in [4.69, 9.17) is 4.42 Å². The molecule has 0 aliphatic carbocycles. The molecule has 0 aliphatic rings. The maximum Gasteiger partial charge on any atom is 1.00 e. The van der Waals surface area contributed by atoms with E-state index in [-0.39, 0.29) is 86.6 Å². The van der Waals surface area contributed by atoms with Gasteiger partial charge >= 0.3 is 59.1 Å². The van der Waals surface area contributed by atoms with Crippen molar-refractivity contribution in [1.82, 2.24) is 4.98 Å². The number of nitrogens with one attached hydrogen (secondary N) is 1. The van der Waals surface area contributed by atoms with E-state index in [1.807, 2.05) is 0 Å². The molecule has 0 saturated carbocycles. The molecule has 3 rings (SSSR count). The summed E-state index contributed by atoms with van der Waals surface area (Å²) in [5.74, 6) is -3.91. The van der Waals surface area contributed by atoms with Gasteiger partial charge in [-0.15, -0.1) is 0 Å². The van der Waals surface area contributed by atoms with Crippen molar-refractivity contribution in [2.24, 2.45) is 0 Å². The average molecular weight is 359 g/mol. The van der Waals surface area contributed by atoms with Gasteiger partial charge in [0.25, 0.3) is 0 Å². The van der Waals surface area contributed by atoms with Gasteiger partial charge in [0.2, 0.25) is 0 Å². The fraction of sp³-hybridized carbons (Fsp3) is 0.0667. The van der Waals surface area contributed by atoms with Crippen LogP contribution < -0.4 is 80.2 Å². The topological polar surface area (TPSA) is 143 Å². The average Bonchev–Trinajstić information content (AvgIpc) is 2.48. The first kappa shape index (κ1) is 21.6. The van der Waals surface area contributed by atoms with Crippen molar-refractivity contribution < 1.29 is 83.3 Å². The maximum atomic E-state index is 12.0. The number of hydrogen-bond acceptors (Lipinski definition) is 7.